The summed E-state index contributed by atoms with van der Waals surface area (Å²) in [5.74, 6) is 1.74. The molecule has 0 atom stereocenters. The van der Waals surface area contributed by atoms with Gasteiger partial charge in [0.05, 0.1) is 32.1 Å². The predicted octanol–water partition coefficient (Wildman–Crippen LogP) is 16.9. The summed E-state index contributed by atoms with van der Waals surface area (Å²) >= 11 is 3.71. The van der Waals surface area contributed by atoms with E-state index in [1.165, 1.54) is 56.8 Å². The molecule has 0 radical (unpaired) electrons. The number of para-hydroxylation sites is 2. The van der Waals surface area contributed by atoms with E-state index in [2.05, 4.69) is 204 Å². The third-order valence-electron chi connectivity index (χ3n) is 11.9. The molecule has 0 N–H and O–H groups in total. The van der Waals surface area contributed by atoms with Crippen LogP contribution in [0.4, 0.5) is 34.1 Å². The second-order valence-corrected chi connectivity index (χ2v) is 17.3. The van der Waals surface area contributed by atoms with E-state index < -0.39 is 0 Å². The van der Waals surface area contributed by atoms with Crippen LogP contribution in [0, 0.1) is 0 Å². The van der Waals surface area contributed by atoms with Gasteiger partial charge in [-0.15, -0.1) is 22.7 Å². The van der Waals surface area contributed by atoms with Crippen LogP contribution >= 0.6 is 22.7 Å². The van der Waals surface area contributed by atoms with Crippen LogP contribution in [-0.2, 0) is 0 Å². The van der Waals surface area contributed by atoms with E-state index in [-0.39, 0.29) is 0 Å². The van der Waals surface area contributed by atoms with Gasteiger partial charge >= 0.3 is 0 Å². The average molecular weight is 789 g/mol. The Morgan fingerprint density at radius 3 is 1.51 bits per heavy atom. The highest BCUT2D eigenvalue weighted by Crippen LogP contribution is 2.54. The largest absolute Gasteiger partial charge is 0.456 e. The fraction of sp³-hybridized carbons (Fsp3) is 0. The van der Waals surface area contributed by atoms with Gasteiger partial charge in [0.25, 0.3) is 0 Å². The van der Waals surface area contributed by atoms with Crippen molar-refractivity contribution in [1.29, 1.82) is 0 Å². The van der Waals surface area contributed by atoms with Crippen LogP contribution in [0.3, 0.4) is 0 Å². The number of rotatable bonds is 6. The lowest BCUT2D eigenvalue weighted by Crippen LogP contribution is -2.12. The smallest absolute Gasteiger partial charge is 0.138 e. The molecule has 10 aromatic carbocycles. The predicted molar refractivity (Wildman–Crippen MR) is 254 cm³/mol. The summed E-state index contributed by atoms with van der Waals surface area (Å²) < 4.78 is 12.2. The number of hydrogen-bond acceptors (Lipinski definition) is 5. The van der Waals surface area contributed by atoms with E-state index in [0.717, 1.165) is 61.5 Å². The zero-order valence-electron chi connectivity index (χ0n) is 31.6. The highest BCUT2D eigenvalue weighted by Gasteiger charge is 2.27. The van der Waals surface area contributed by atoms with Crippen molar-refractivity contribution in [3.8, 4) is 11.5 Å². The van der Waals surface area contributed by atoms with Gasteiger partial charge < -0.3 is 14.5 Å². The molecular weight excluding hydrogens is 757 g/mol. The summed E-state index contributed by atoms with van der Waals surface area (Å²) in [6.45, 7) is 0. The first kappa shape index (κ1) is 32.9. The molecule has 12 aromatic rings. The Morgan fingerprint density at radius 2 is 0.847 bits per heavy atom. The van der Waals surface area contributed by atoms with Gasteiger partial charge in [-0.2, -0.15) is 0 Å². The number of ether oxygens (including phenoxy) is 1. The minimum Gasteiger partial charge on any atom is -0.456 e. The molecule has 0 bridgehead atoms. The standard InChI is InChI=1S/C54H32N2OS2/c1-3-14-35(15-4-1)55(43-23-11-20-40-38-18-7-9-26-48(38)58-53(40)43)37-30-33-28-29-34-31-45(42-22-13-25-46-52(42)51(34)50(33)47(32-37)57-46)56(36-16-5-2-6-17-36)44-24-12-21-41-39-19-8-10-27-49(39)59-54(41)44/h1-32H. The van der Waals surface area contributed by atoms with E-state index >= 15 is 0 Å². The Balaban J connectivity index is 1.05. The van der Waals surface area contributed by atoms with Crippen LogP contribution in [0.1, 0.15) is 0 Å². The molecule has 3 nitrogen and oxygen atoms in total. The first-order valence-corrected chi connectivity index (χ1v) is 21.6. The Labute approximate surface area is 347 Å². The number of nitrogens with zero attached hydrogens (tertiary/aromatic N) is 2. The van der Waals surface area contributed by atoms with Crippen molar-refractivity contribution in [2.45, 2.75) is 0 Å². The number of thiophene rings is 2. The molecule has 276 valence electrons. The van der Waals surface area contributed by atoms with Crippen molar-refractivity contribution in [2.24, 2.45) is 0 Å². The summed E-state index contributed by atoms with van der Waals surface area (Å²) in [6.07, 6.45) is 0. The van der Waals surface area contributed by atoms with Crippen molar-refractivity contribution in [3.63, 3.8) is 0 Å². The number of benzene rings is 10. The molecule has 2 aromatic heterocycles. The van der Waals surface area contributed by atoms with Gasteiger partial charge in [0.1, 0.15) is 11.5 Å². The molecule has 0 unspecified atom stereocenters. The topological polar surface area (TPSA) is 15.7 Å². The summed E-state index contributed by atoms with van der Waals surface area (Å²) in [4.78, 5) is 4.85. The first-order valence-electron chi connectivity index (χ1n) is 19.9. The monoisotopic (exact) mass is 788 g/mol. The molecule has 0 fully saturated rings. The molecule has 1 aliphatic rings. The number of fused-ring (bicyclic) bond motifs is 6. The van der Waals surface area contributed by atoms with Crippen LogP contribution in [0.5, 0.6) is 11.5 Å². The molecule has 0 spiro atoms. The van der Waals surface area contributed by atoms with Crippen LogP contribution in [-0.4, -0.2) is 0 Å². The summed E-state index contributed by atoms with van der Waals surface area (Å²) in [5.41, 5.74) is 6.71. The van der Waals surface area contributed by atoms with Crippen LogP contribution in [0.25, 0.3) is 72.7 Å². The Kier molecular flexibility index (Phi) is 7.05. The lowest BCUT2D eigenvalue weighted by atomic mass is 9.91. The quantitative estimate of drug-likeness (QED) is 0.156. The van der Waals surface area contributed by atoms with Gasteiger partial charge in [0.15, 0.2) is 0 Å². The molecule has 0 saturated carbocycles. The van der Waals surface area contributed by atoms with Crippen molar-refractivity contribution >= 4 is 129 Å². The van der Waals surface area contributed by atoms with Gasteiger partial charge in [-0.05, 0) is 77.5 Å². The minimum atomic E-state index is 0.871. The molecule has 1 aliphatic heterocycles. The minimum absolute atomic E-state index is 0.871. The third kappa shape index (κ3) is 4.86. The second kappa shape index (κ2) is 12.7. The normalized spacial score (nSPS) is 12.2. The fourth-order valence-corrected chi connectivity index (χ4v) is 11.9. The van der Waals surface area contributed by atoms with E-state index in [4.69, 9.17) is 4.74 Å². The van der Waals surface area contributed by atoms with Gasteiger partial charge in [0, 0.05) is 69.9 Å². The van der Waals surface area contributed by atoms with E-state index in [1.807, 2.05) is 22.7 Å². The Morgan fingerprint density at radius 1 is 0.322 bits per heavy atom. The first-order chi connectivity index (χ1) is 29.3. The maximum atomic E-state index is 7.10. The second-order valence-electron chi connectivity index (χ2n) is 15.2. The molecule has 0 aliphatic carbocycles. The highest BCUT2D eigenvalue weighted by atomic mass is 32.1. The van der Waals surface area contributed by atoms with E-state index in [9.17, 15) is 0 Å². The molecule has 13 rings (SSSR count). The van der Waals surface area contributed by atoms with E-state index in [1.54, 1.807) is 0 Å². The Bertz CT molecular complexity index is 3670. The average Bonchev–Trinajstić information content (AvgIpc) is 3.87. The zero-order chi connectivity index (χ0) is 38.6. The molecule has 59 heavy (non-hydrogen) atoms. The summed E-state index contributed by atoms with van der Waals surface area (Å²) in [7, 11) is 0. The molecular formula is C54H32N2OS2. The third-order valence-corrected chi connectivity index (χ3v) is 14.4. The van der Waals surface area contributed by atoms with Crippen molar-refractivity contribution < 1.29 is 4.74 Å². The van der Waals surface area contributed by atoms with Gasteiger partial charge in [-0.3, -0.25) is 0 Å². The van der Waals surface area contributed by atoms with Crippen molar-refractivity contribution in [2.75, 3.05) is 9.80 Å². The molecule has 3 heterocycles. The molecule has 0 saturated heterocycles. The van der Waals surface area contributed by atoms with Crippen LogP contribution < -0.4 is 14.5 Å². The SMILES string of the molecule is c1ccc(N(c2cc3c4c(ccc5cc(N(c6ccccc6)c6cccc7c6sc6ccccc67)c6cccc(c6c54)O3)c2)c2cccc3c2sc2ccccc23)cc1. The van der Waals surface area contributed by atoms with Crippen LogP contribution in [0.15, 0.2) is 194 Å². The van der Waals surface area contributed by atoms with Gasteiger partial charge in [-0.25, -0.2) is 0 Å². The molecule has 0 amide bonds. The zero-order valence-corrected chi connectivity index (χ0v) is 33.2. The number of anilines is 6. The van der Waals surface area contributed by atoms with Crippen molar-refractivity contribution in [1.82, 2.24) is 0 Å². The fourth-order valence-electron chi connectivity index (χ4n) is 9.45. The lowest BCUT2D eigenvalue weighted by molar-refractivity contribution is 0.493. The summed E-state index contributed by atoms with van der Waals surface area (Å²) in [5, 5.41) is 12.1. The van der Waals surface area contributed by atoms with Crippen molar-refractivity contribution in [3.05, 3.63) is 194 Å². The van der Waals surface area contributed by atoms with Crippen LogP contribution in [0.2, 0.25) is 0 Å². The van der Waals surface area contributed by atoms with Gasteiger partial charge in [-0.1, -0.05) is 121 Å². The maximum Gasteiger partial charge on any atom is 0.138 e. The lowest BCUT2D eigenvalue weighted by Gasteiger charge is -2.30. The van der Waals surface area contributed by atoms with E-state index in [0.29, 0.717) is 0 Å². The maximum absolute atomic E-state index is 7.10. The highest BCUT2D eigenvalue weighted by molar-refractivity contribution is 7.26. The molecule has 5 heteroatoms. The number of hydrogen-bond donors (Lipinski definition) is 0. The Hall–Kier alpha value is -7.18. The summed E-state index contributed by atoms with van der Waals surface area (Å²) in [6, 6.07) is 70.5. The van der Waals surface area contributed by atoms with Gasteiger partial charge in [0.2, 0.25) is 0 Å².